The largest absolute Gasteiger partial charge is 0.260 e. The van der Waals surface area contributed by atoms with Crippen molar-refractivity contribution in [3.63, 3.8) is 0 Å². The maximum atomic E-state index is 12.8. The average molecular weight is 465 g/mol. The van der Waals surface area contributed by atoms with Crippen LogP contribution in [0.1, 0.15) is 43.0 Å². The van der Waals surface area contributed by atoms with E-state index in [-0.39, 0.29) is 16.5 Å². The summed E-state index contributed by atoms with van der Waals surface area (Å²) in [6, 6.07) is 10.9. The number of nitrogens with one attached hydrogen (secondary N) is 1. The molecule has 1 fully saturated rings. The molecule has 1 N–H and O–H groups in total. The highest BCUT2D eigenvalue weighted by molar-refractivity contribution is 7.89. The molecule has 1 aliphatic carbocycles. The minimum Gasteiger partial charge on any atom is -0.260 e. The third kappa shape index (κ3) is 4.39. The van der Waals surface area contributed by atoms with E-state index in [0.29, 0.717) is 22.3 Å². The van der Waals surface area contributed by atoms with Crippen molar-refractivity contribution in [1.29, 1.82) is 0 Å². The number of rotatable bonds is 6. The summed E-state index contributed by atoms with van der Waals surface area (Å²) in [6.45, 7) is 1.79. The Morgan fingerprint density at radius 2 is 1.90 bits per heavy atom. The van der Waals surface area contributed by atoms with Gasteiger partial charge in [0.2, 0.25) is 10.0 Å². The Kier molecular flexibility index (Phi) is 6.16. The monoisotopic (exact) mass is 464 g/mol. The number of sulfonamides is 1. The van der Waals surface area contributed by atoms with Crippen LogP contribution in [0.2, 0.25) is 10.0 Å². The Labute approximate surface area is 186 Å². The van der Waals surface area contributed by atoms with Gasteiger partial charge in [-0.05, 0) is 55.7 Å². The molecule has 1 aliphatic rings. The number of benzene rings is 1. The quantitative estimate of drug-likeness (QED) is 0.546. The van der Waals surface area contributed by atoms with Crippen molar-refractivity contribution < 1.29 is 8.42 Å². The molecule has 2 heterocycles. The van der Waals surface area contributed by atoms with Crippen molar-refractivity contribution in [3.8, 4) is 11.4 Å². The molecule has 6 nitrogen and oxygen atoms in total. The lowest BCUT2D eigenvalue weighted by Crippen LogP contribution is -2.24. The lowest BCUT2D eigenvalue weighted by atomic mass is 10.2. The number of hydrogen-bond acceptors (Lipinski definition) is 4. The molecule has 1 saturated carbocycles. The molecular weight excluding hydrogens is 443 g/mol. The van der Waals surface area contributed by atoms with Gasteiger partial charge in [-0.3, -0.25) is 9.67 Å². The van der Waals surface area contributed by atoms with Gasteiger partial charge in [0.15, 0.2) is 0 Å². The van der Waals surface area contributed by atoms with Crippen molar-refractivity contribution in [2.24, 2.45) is 0 Å². The van der Waals surface area contributed by atoms with Gasteiger partial charge in [-0.25, -0.2) is 13.1 Å². The van der Waals surface area contributed by atoms with Crippen molar-refractivity contribution in [1.82, 2.24) is 19.5 Å². The van der Waals surface area contributed by atoms with Gasteiger partial charge in [0.25, 0.3) is 0 Å². The summed E-state index contributed by atoms with van der Waals surface area (Å²) >= 11 is 12.2. The summed E-state index contributed by atoms with van der Waals surface area (Å²) < 4.78 is 30.3. The maximum Gasteiger partial charge on any atom is 0.242 e. The van der Waals surface area contributed by atoms with E-state index in [9.17, 15) is 8.42 Å². The standard InChI is InChI=1S/C21H22Cl2N4O2S/c1-14-10-21(18(23)12-17(14)22)30(28,29)25-13-15-11-20(19-8-4-5-9-24-19)27(26-15)16-6-2-3-7-16/h4-5,8-12,16,25H,2-3,6-7,13H2,1H3. The second kappa shape index (κ2) is 8.67. The van der Waals surface area contributed by atoms with Crippen LogP contribution in [0.15, 0.2) is 47.5 Å². The SMILES string of the molecule is Cc1cc(S(=O)(=O)NCc2cc(-c3ccccn3)n(C3CCCC3)n2)c(Cl)cc1Cl. The first-order valence-corrected chi connectivity index (χ1v) is 12.0. The number of pyridine rings is 1. The van der Waals surface area contributed by atoms with E-state index in [2.05, 4.69) is 9.71 Å². The Hall–Kier alpha value is -1.93. The van der Waals surface area contributed by atoms with Gasteiger partial charge in [0.05, 0.1) is 34.7 Å². The van der Waals surface area contributed by atoms with E-state index >= 15 is 0 Å². The minimum atomic E-state index is -3.82. The van der Waals surface area contributed by atoms with Gasteiger partial charge < -0.3 is 0 Å². The van der Waals surface area contributed by atoms with E-state index in [4.69, 9.17) is 28.3 Å². The first-order valence-electron chi connectivity index (χ1n) is 9.80. The van der Waals surface area contributed by atoms with E-state index in [1.165, 1.54) is 25.0 Å². The van der Waals surface area contributed by atoms with Crippen molar-refractivity contribution in [3.05, 3.63) is 63.9 Å². The molecule has 0 radical (unpaired) electrons. The molecule has 0 spiro atoms. The zero-order valence-electron chi connectivity index (χ0n) is 16.5. The zero-order chi connectivity index (χ0) is 21.3. The fourth-order valence-corrected chi connectivity index (χ4v) is 5.58. The van der Waals surface area contributed by atoms with E-state index < -0.39 is 10.0 Å². The molecule has 0 atom stereocenters. The smallest absolute Gasteiger partial charge is 0.242 e. The van der Waals surface area contributed by atoms with Crippen molar-refractivity contribution in [2.45, 2.75) is 50.1 Å². The molecule has 158 valence electrons. The van der Waals surface area contributed by atoms with Crippen LogP contribution in [0, 0.1) is 6.92 Å². The summed E-state index contributed by atoms with van der Waals surface area (Å²) in [5.41, 5.74) is 3.00. The van der Waals surface area contributed by atoms with Gasteiger partial charge in [-0.2, -0.15) is 5.10 Å². The first kappa shape index (κ1) is 21.3. The summed E-state index contributed by atoms with van der Waals surface area (Å²) in [7, 11) is -3.82. The molecule has 0 bridgehead atoms. The molecule has 0 unspecified atom stereocenters. The predicted molar refractivity (Wildman–Crippen MR) is 118 cm³/mol. The molecule has 2 aromatic heterocycles. The van der Waals surface area contributed by atoms with Gasteiger partial charge in [0.1, 0.15) is 4.90 Å². The Morgan fingerprint density at radius 3 is 2.60 bits per heavy atom. The molecule has 3 aromatic rings. The molecule has 1 aromatic carbocycles. The van der Waals surface area contributed by atoms with Crippen LogP contribution in [0.3, 0.4) is 0 Å². The molecule has 4 rings (SSSR count). The highest BCUT2D eigenvalue weighted by Gasteiger charge is 2.24. The molecule has 0 saturated heterocycles. The molecule has 30 heavy (non-hydrogen) atoms. The lowest BCUT2D eigenvalue weighted by Gasteiger charge is -2.13. The van der Waals surface area contributed by atoms with E-state index in [1.807, 2.05) is 28.9 Å². The fourth-order valence-electron chi connectivity index (χ4n) is 3.75. The van der Waals surface area contributed by atoms with Gasteiger partial charge in [-0.1, -0.05) is 42.1 Å². The topological polar surface area (TPSA) is 76.9 Å². The summed E-state index contributed by atoms with van der Waals surface area (Å²) in [5, 5.41) is 5.23. The van der Waals surface area contributed by atoms with Crippen LogP contribution in [-0.4, -0.2) is 23.2 Å². The van der Waals surface area contributed by atoms with Crippen LogP contribution < -0.4 is 4.72 Å². The summed E-state index contributed by atoms with van der Waals surface area (Å²) in [4.78, 5) is 4.46. The Balaban J connectivity index is 1.61. The normalized spacial score (nSPS) is 15.0. The summed E-state index contributed by atoms with van der Waals surface area (Å²) in [6.07, 6.45) is 6.21. The number of aryl methyl sites for hydroxylation is 1. The predicted octanol–water partition coefficient (Wildman–Crippen LogP) is 5.15. The third-order valence-corrected chi connectivity index (χ3v) is 7.60. The lowest BCUT2D eigenvalue weighted by molar-refractivity contribution is 0.466. The van der Waals surface area contributed by atoms with E-state index in [0.717, 1.165) is 24.2 Å². The number of hydrogen-bond donors (Lipinski definition) is 1. The maximum absolute atomic E-state index is 12.8. The summed E-state index contributed by atoms with van der Waals surface area (Å²) in [5.74, 6) is 0. The number of aromatic nitrogens is 3. The highest BCUT2D eigenvalue weighted by Crippen LogP contribution is 2.33. The van der Waals surface area contributed by atoms with Crippen LogP contribution >= 0.6 is 23.2 Å². The van der Waals surface area contributed by atoms with Gasteiger partial charge >= 0.3 is 0 Å². The van der Waals surface area contributed by atoms with Crippen LogP contribution in [0.5, 0.6) is 0 Å². The van der Waals surface area contributed by atoms with Crippen LogP contribution in [-0.2, 0) is 16.6 Å². The average Bonchev–Trinajstić information content (AvgIpc) is 3.39. The molecular formula is C21H22Cl2N4O2S. The highest BCUT2D eigenvalue weighted by atomic mass is 35.5. The minimum absolute atomic E-state index is 0.00578. The first-order chi connectivity index (χ1) is 14.3. The van der Waals surface area contributed by atoms with Crippen molar-refractivity contribution >= 4 is 33.2 Å². The Bertz CT molecular complexity index is 1160. The van der Waals surface area contributed by atoms with Crippen molar-refractivity contribution in [2.75, 3.05) is 0 Å². The second-order valence-corrected chi connectivity index (χ2v) is 10.0. The number of nitrogens with zero attached hydrogens (tertiary/aromatic N) is 3. The van der Waals surface area contributed by atoms with E-state index in [1.54, 1.807) is 13.1 Å². The molecule has 9 heteroatoms. The van der Waals surface area contributed by atoms with Gasteiger partial charge in [0, 0.05) is 11.2 Å². The third-order valence-electron chi connectivity index (χ3n) is 5.33. The molecule has 0 amide bonds. The van der Waals surface area contributed by atoms with Crippen LogP contribution in [0.4, 0.5) is 0 Å². The van der Waals surface area contributed by atoms with Crippen LogP contribution in [0.25, 0.3) is 11.4 Å². The number of halogens is 2. The second-order valence-electron chi connectivity index (χ2n) is 7.48. The Morgan fingerprint density at radius 1 is 1.13 bits per heavy atom. The van der Waals surface area contributed by atoms with Gasteiger partial charge in [-0.15, -0.1) is 0 Å². The zero-order valence-corrected chi connectivity index (χ0v) is 18.8. The molecule has 0 aliphatic heterocycles. The fraction of sp³-hybridized carbons (Fsp3) is 0.333.